The molecule has 0 saturated heterocycles. The summed E-state index contributed by atoms with van der Waals surface area (Å²) in [5, 5.41) is 0. The van der Waals surface area contributed by atoms with Gasteiger partial charge in [-0.05, 0) is 6.04 Å². The fourth-order valence-electron chi connectivity index (χ4n) is 0.144. The normalized spacial score (nSPS) is 8.00. The van der Waals surface area contributed by atoms with Crippen molar-refractivity contribution in [3.8, 4) is 0 Å². The fourth-order valence-corrected chi connectivity index (χ4v) is 0.348. The molecular weight excluding hydrogens is 96.1 g/mol. The zero-order chi connectivity index (χ0) is 4.83. The van der Waals surface area contributed by atoms with E-state index in [1.54, 1.807) is 0 Å². The standard InChI is InChI=1S/C3H7O2Si/c4-3-5-1-2-6/h1-2H2,6H3. The Morgan fingerprint density at radius 1 is 1.83 bits per heavy atom. The quantitative estimate of drug-likeness (QED) is 0.333. The van der Waals surface area contributed by atoms with Crippen molar-refractivity contribution in [2.24, 2.45) is 0 Å². The third kappa shape index (κ3) is 3.69. The van der Waals surface area contributed by atoms with Crippen LogP contribution in [0.1, 0.15) is 0 Å². The third-order valence-corrected chi connectivity index (χ3v) is 0.773. The van der Waals surface area contributed by atoms with E-state index in [0.29, 0.717) is 6.61 Å². The van der Waals surface area contributed by atoms with Crippen LogP contribution in [0.15, 0.2) is 0 Å². The Morgan fingerprint density at radius 3 is 2.67 bits per heavy atom. The van der Waals surface area contributed by atoms with Crippen LogP contribution >= 0.6 is 0 Å². The fraction of sp³-hybridized carbons (Fsp3) is 0.667. The maximum absolute atomic E-state index is 9.23. The molecule has 35 valence electrons. The highest BCUT2D eigenvalue weighted by molar-refractivity contribution is 6.08. The third-order valence-electron chi connectivity index (χ3n) is 0.365. The minimum absolute atomic E-state index is 0.551. The molecule has 0 aliphatic rings. The molecule has 0 atom stereocenters. The van der Waals surface area contributed by atoms with Crippen molar-refractivity contribution in [1.29, 1.82) is 0 Å². The summed E-state index contributed by atoms with van der Waals surface area (Å²) < 4.78 is 4.21. The number of hydrogen-bond donors (Lipinski definition) is 0. The summed E-state index contributed by atoms with van der Waals surface area (Å²) in [6, 6.07) is 1.01. The van der Waals surface area contributed by atoms with Gasteiger partial charge >= 0.3 is 6.47 Å². The maximum atomic E-state index is 9.23. The lowest BCUT2D eigenvalue weighted by atomic mass is 10.9. The summed E-state index contributed by atoms with van der Waals surface area (Å²) in [6.45, 7) is 1.89. The minimum atomic E-state index is 0.551. The molecule has 0 aromatic rings. The van der Waals surface area contributed by atoms with Gasteiger partial charge in [-0.25, -0.2) is 4.79 Å². The number of carbonyl (C=O) groups excluding carboxylic acids is 1. The molecular formula is C3H7O2Si. The second-order valence-electron chi connectivity index (χ2n) is 0.932. The summed E-state index contributed by atoms with van der Waals surface area (Å²) in [5.74, 6) is 0. The topological polar surface area (TPSA) is 26.3 Å². The molecule has 0 unspecified atom stereocenters. The van der Waals surface area contributed by atoms with Crippen molar-refractivity contribution >= 4 is 16.7 Å². The van der Waals surface area contributed by atoms with Gasteiger partial charge in [0.25, 0.3) is 0 Å². The molecule has 3 heteroatoms. The Kier molecular flexibility index (Phi) is 4.44. The molecule has 0 aromatic heterocycles. The van der Waals surface area contributed by atoms with Crippen LogP contribution in [0.5, 0.6) is 0 Å². The van der Waals surface area contributed by atoms with E-state index in [9.17, 15) is 4.79 Å². The van der Waals surface area contributed by atoms with Crippen molar-refractivity contribution in [3.63, 3.8) is 0 Å². The van der Waals surface area contributed by atoms with E-state index in [1.165, 1.54) is 6.47 Å². The highest BCUT2D eigenvalue weighted by Gasteiger charge is 1.74. The van der Waals surface area contributed by atoms with Crippen LogP contribution in [-0.2, 0) is 9.53 Å². The Balaban J connectivity index is 2.49. The molecule has 0 spiro atoms. The molecule has 6 heavy (non-hydrogen) atoms. The summed E-state index contributed by atoms with van der Waals surface area (Å²) in [4.78, 5) is 9.23. The first kappa shape index (κ1) is 5.69. The predicted molar refractivity (Wildman–Crippen MR) is 26.4 cm³/mol. The highest BCUT2D eigenvalue weighted by Crippen LogP contribution is 1.68. The molecule has 0 saturated carbocycles. The van der Waals surface area contributed by atoms with Crippen LogP contribution in [-0.4, -0.2) is 23.3 Å². The minimum Gasteiger partial charge on any atom is -0.458 e. The van der Waals surface area contributed by atoms with Crippen LogP contribution in [0, 0.1) is 0 Å². The zero-order valence-corrected chi connectivity index (χ0v) is 5.73. The Morgan fingerprint density at radius 2 is 2.50 bits per heavy atom. The van der Waals surface area contributed by atoms with Gasteiger partial charge < -0.3 is 4.74 Å². The van der Waals surface area contributed by atoms with Gasteiger partial charge in [0.2, 0.25) is 0 Å². The molecule has 0 fully saturated rings. The van der Waals surface area contributed by atoms with Crippen LogP contribution < -0.4 is 0 Å². The van der Waals surface area contributed by atoms with E-state index < -0.39 is 0 Å². The van der Waals surface area contributed by atoms with Crippen LogP contribution in [0.3, 0.4) is 0 Å². The van der Waals surface area contributed by atoms with Crippen molar-refractivity contribution in [3.05, 3.63) is 0 Å². The smallest absolute Gasteiger partial charge is 0.417 e. The van der Waals surface area contributed by atoms with Gasteiger partial charge in [-0.2, -0.15) is 0 Å². The maximum Gasteiger partial charge on any atom is 0.417 e. The number of hydrogen-bond acceptors (Lipinski definition) is 2. The van der Waals surface area contributed by atoms with Gasteiger partial charge in [-0.1, -0.05) is 0 Å². The van der Waals surface area contributed by atoms with E-state index in [-0.39, 0.29) is 0 Å². The summed E-state index contributed by atoms with van der Waals surface area (Å²) in [7, 11) is 1.10. The van der Waals surface area contributed by atoms with Crippen LogP contribution in [0.2, 0.25) is 6.04 Å². The Bertz CT molecular complexity index is 37.8. The lowest BCUT2D eigenvalue weighted by Crippen LogP contribution is -1.87. The van der Waals surface area contributed by atoms with Gasteiger partial charge in [-0.15, -0.1) is 0 Å². The molecule has 0 aliphatic carbocycles. The van der Waals surface area contributed by atoms with E-state index in [0.717, 1.165) is 16.3 Å². The van der Waals surface area contributed by atoms with Crippen LogP contribution in [0.25, 0.3) is 0 Å². The first-order valence-electron chi connectivity index (χ1n) is 1.90. The van der Waals surface area contributed by atoms with Crippen LogP contribution in [0.4, 0.5) is 0 Å². The predicted octanol–water partition coefficient (Wildman–Crippen LogP) is -1.15. The van der Waals surface area contributed by atoms with E-state index in [2.05, 4.69) is 4.74 Å². The molecule has 1 radical (unpaired) electrons. The lowest BCUT2D eigenvalue weighted by molar-refractivity contribution is 0.296. The Hall–Kier alpha value is -0.313. The molecule has 0 rings (SSSR count). The van der Waals surface area contributed by atoms with E-state index >= 15 is 0 Å². The van der Waals surface area contributed by atoms with Crippen molar-refractivity contribution < 1.29 is 9.53 Å². The van der Waals surface area contributed by atoms with Gasteiger partial charge in [0.1, 0.15) is 0 Å². The summed E-state index contributed by atoms with van der Waals surface area (Å²) in [6.07, 6.45) is 0. The van der Waals surface area contributed by atoms with Gasteiger partial charge in [0.15, 0.2) is 0 Å². The molecule has 0 N–H and O–H groups in total. The first-order chi connectivity index (χ1) is 2.91. The SMILES string of the molecule is O=[C]OCC[SiH3]. The van der Waals surface area contributed by atoms with Gasteiger partial charge in [-0.3, -0.25) is 0 Å². The average Bonchev–Trinajstić information content (AvgIpc) is 1.61. The van der Waals surface area contributed by atoms with Crippen molar-refractivity contribution in [2.75, 3.05) is 6.61 Å². The van der Waals surface area contributed by atoms with Gasteiger partial charge in [0.05, 0.1) is 6.61 Å². The molecule has 0 heterocycles. The van der Waals surface area contributed by atoms with E-state index in [1.807, 2.05) is 0 Å². The average molecular weight is 103 g/mol. The van der Waals surface area contributed by atoms with Gasteiger partial charge in [0, 0.05) is 10.2 Å². The Labute approximate surface area is 39.9 Å². The molecule has 0 bridgehead atoms. The monoisotopic (exact) mass is 103 g/mol. The van der Waals surface area contributed by atoms with E-state index in [4.69, 9.17) is 0 Å². The van der Waals surface area contributed by atoms with Crippen molar-refractivity contribution in [2.45, 2.75) is 6.04 Å². The second kappa shape index (κ2) is 4.69. The zero-order valence-electron chi connectivity index (χ0n) is 3.73. The highest BCUT2D eigenvalue weighted by atomic mass is 28.1. The second-order valence-corrected chi connectivity index (χ2v) is 1.93. The first-order valence-corrected chi connectivity index (χ1v) is 3.32. The number of ether oxygens (including phenoxy) is 1. The largest absolute Gasteiger partial charge is 0.458 e. The lowest BCUT2D eigenvalue weighted by Gasteiger charge is -1.84. The molecule has 2 nitrogen and oxygen atoms in total. The van der Waals surface area contributed by atoms with Crippen molar-refractivity contribution in [1.82, 2.24) is 0 Å². The molecule has 0 amide bonds. The molecule has 0 aliphatic heterocycles. The summed E-state index contributed by atoms with van der Waals surface area (Å²) in [5.41, 5.74) is 0. The summed E-state index contributed by atoms with van der Waals surface area (Å²) >= 11 is 0. The number of rotatable bonds is 3. The molecule has 0 aromatic carbocycles.